The van der Waals surface area contributed by atoms with Gasteiger partial charge < -0.3 is 5.11 Å². The monoisotopic (exact) mass is 231 g/mol. The van der Waals surface area contributed by atoms with Gasteiger partial charge in [0.2, 0.25) is 0 Å². The van der Waals surface area contributed by atoms with Crippen LogP contribution in [0.1, 0.15) is 37.7 Å². The van der Waals surface area contributed by atoms with Gasteiger partial charge in [0.1, 0.15) is 0 Å². The van der Waals surface area contributed by atoms with Gasteiger partial charge in [-0.2, -0.15) is 0 Å². The number of hydrogen-bond donors (Lipinski definition) is 1. The third kappa shape index (κ3) is 2.24. The number of aliphatic hydroxyl groups is 1. The molecule has 3 atom stereocenters. The van der Waals surface area contributed by atoms with Crippen LogP contribution in [0.2, 0.25) is 0 Å². The molecule has 0 amide bonds. The second kappa shape index (κ2) is 4.79. The number of aliphatic hydroxyl groups excluding tert-OH is 1. The Morgan fingerprint density at radius 3 is 2.71 bits per heavy atom. The summed E-state index contributed by atoms with van der Waals surface area (Å²) in [6.45, 7) is 1.01. The van der Waals surface area contributed by atoms with Crippen molar-refractivity contribution in [2.24, 2.45) is 0 Å². The molecular weight excluding hydrogens is 210 g/mol. The van der Waals surface area contributed by atoms with Crippen molar-refractivity contribution < 1.29 is 5.11 Å². The van der Waals surface area contributed by atoms with Crippen LogP contribution in [0.3, 0.4) is 0 Å². The number of nitrogens with zero attached hydrogens (tertiary/aromatic N) is 1. The molecule has 0 radical (unpaired) electrons. The Labute approximate surface area is 103 Å². The molecule has 2 aliphatic rings. The van der Waals surface area contributed by atoms with Crippen LogP contribution < -0.4 is 0 Å². The first-order valence-electron chi connectivity index (χ1n) is 6.82. The quantitative estimate of drug-likeness (QED) is 0.845. The fourth-order valence-corrected chi connectivity index (χ4v) is 3.48. The highest BCUT2D eigenvalue weighted by atomic mass is 16.3. The van der Waals surface area contributed by atoms with E-state index in [0.29, 0.717) is 12.1 Å². The van der Waals surface area contributed by atoms with Gasteiger partial charge in [-0.25, -0.2) is 0 Å². The summed E-state index contributed by atoms with van der Waals surface area (Å²) in [5.74, 6) is 0. The summed E-state index contributed by atoms with van der Waals surface area (Å²) in [5.41, 5.74) is 1.37. The van der Waals surface area contributed by atoms with E-state index in [4.69, 9.17) is 0 Å². The lowest BCUT2D eigenvalue weighted by Gasteiger charge is -2.30. The molecule has 1 N–H and O–H groups in total. The van der Waals surface area contributed by atoms with Gasteiger partial charge in [-0.1, -0.05) is 30.3 Å². The van der Waals surface area contributed by atoms with Gasteiger partial charge in [0, 0.05) is 18.6 Å². The summed E-state index contributed by atoms with van der Waals surface area (Å²) < 4.78 is 0. The molecule has 2 bridgehead atoms. The van der Waals surface area contributed by atoms with Crippen LogP contribution in [0.5, 0.6) is 0 Å². The Hall–Kier alpha value is -0.860. The van der Waals surface area contributed by atoms with E-state index in [1.165, 1.54) is 31.2 Å². The van der Waals surface area contributed by atoms with Gasteiger partial charge in [-0.3, -0.25) is 4.90 Å². The number of fused-ring (bicyclic) bond motifs is 2. The van der Waals surface area contributed by atoms with E-state index < -0.39 is 0 Å². The smallest absolute Gasteiger partial charge is 0.0695 e. The second-order valence-corrected chi connectivity index (χ2v) is 5.45. The zero-order valence-electron chi connectivity index (χ0n) is 10.3. The third-order valence-corrected chi connectivity index (χ3v) is 4.38. The van der Waals surface area contributed by atoms with Crippen LogP contribution >= 0.6 is 0 Å². The first-order chi connectivity index (χ1) is 8.34. The molecule has 17 heavy (non-hydrogen) atoms. The van der Waals surface area contributed by atoms with Crippen LogP contribution in [0.4, 0.5) is 0 Å². The molecule has 2 nitrogen and oxygen atoms in total. The van der Waals surface area contributed by atoms with Crippen molar-refractivity contribution in [1.82, 2.24) is 4.90 Å². The topological polar surface area (TPSA) is 23.5 Å². The van der Waals surface area contributed by atoms with Gasteiger partial charge in [-0.05, 0) is 37.7 Å². The molecule has 0 saturated carbocycles. The molecule has 92 valence electrons. The minimum absolute atomic E-state index is 0.105. The van der Waals surface area contributed by atoms with E-state index in [1.807, 2.05) is 0 Å². The van der Waals surface area contributed by atoms with Crippen molar-refractivity contribution in [3.8, 4) is 0 Å². The summed E-state index contributed by atoms with van der Waals surface area (Å²) in [4.78, 5) is 2.55. The standard InChI is InChI=1S/C15H21NO/c17-15-8-4-7-13-9-10-14(15)16(13)11-12-5-2-1-3-6-12/h1-3,5-6,13-15,17H,4,7-11H2/t13-,14+,15+/m0/s1. The first-order valence-corrected chi connectivity index (χ1v) is 6.82. The molecule has 2 heterocycles. The highest BCUT2D eigenvalue weighted by Gasteiger charge is 2.39. The Morgan fingerprint density at radius 2 is 1.88 bits per heavy atom. The van der Waals surface area contributed by atoms with Crippen LogP contribution in [0.25, 0.3) is 0 Å². The average Bonchev–Trinajstić information content (AvgIpc) is 2.66. The van der Waals surface area contributed by atoms with Crippen molar-refractivity contribution in [3.63, 3.8) is 0 Å². The SMILES string of the molecule is O[C@@H]1CCC[C@H]2CC[C@H]1N2Cc1ccccc1. The summed E-state index contributed by atoms with van der Waals surface area (Å²) >= 11 is 0. The van der Waals surface area contributed by atoms with E-state index in [0.717, 1.165) is 13.0 Å². The molecule has 0 spiro atoms. The van der Waals surface area contributed by atoms with Gasteiger partial charge in [0.05, 0.1) is 6.10 Å². The predicted octanol–water partition coefficient (Wildman–Crippen LogP) is 2.56. The number of hydrogen-bond acceptors (Lipinski definition) is 2. The molecule has 3 rings (SSSR count). The molecule has 1 aromatic carbocycles. The molecular formula is C15H21NO. The predicted molar refractivity (Wildman–Crippen MR) is 68.7 cm³/mol. The summed E-state index contributed by atoms with van der Waals surface area (Å²) in [6.07, 6.45) is 5.79. The molecule has 2 fully saturated rings. The molecule has 0 unspecified atom stereocenters. The number of rotatable bonds is 2. The lowest BCUT2D eigenvalue weighted by molar-refractivity contribution is 0.0624. The van der Waals surface area contributed by atoms with E-state index in [-0.39, 0.29) is 6.10 Å². The Kier molecular flexibility index (Phi) is 3.17. The molecule has 2 saturated heterocycles. The lowest BCUT2D eigenvalue weighted by atomic mass is 9.99. The normalized spacial score (nSPS) is 33.6. The second-order valence-electron chi connectivity index (χ2n) is 5.45. The minimum Gasteiger partial charge on any atom is -0.391 e. The Balaban J connectivity index is 1.77. The van der Waals surface area contributed by atoms with Crippen LogP contribution in [0, 0.1) is 0 Å². The fraction of sp³-hybridized carbons (Fsp3) is 0.600. The van der Waals surface area contributed by atoms with Crippen molar-refractivity contribution in [1.29, 1.82) is 0 Å². The van der Waals surface area contributed by atoms with Gasteiger partial charge in [0.25, 0.3) is 0 Å². The minimum atomic E-state index is -0.105. The maximum atomic E-state index is 10.2. The van der Waals surface area contributed by atoms with Gasteiger partial charge in [0.15, 0.2) is 0 Å². The molecule has 0 aliphatic carbocycles. The van der Waals surface area contributed by atoms with E-state index >= 15 is 0 Å². The van der Waals surface area contributed by atoms with Crippen molar-refractivity contribution in [3.05, 3.63) is 35.9 Å². The van der Waals surface area contributed by atoms with Crippen LogP contribution in [-0.2, 0) is 6.54 Å². The molecule has 1 aromatic rings. The first kappa shape index (κ1) is 11.2. The van der Waals surface area contributed by atoms with Gasteiger partial charge in [-0.15, -0.1) is 0 Å². The summed E-state index contributed by atoms with van der Waals surface area (Å²) in [7, 11) is 0. The number of benzene rings is 1. The maximum Gasteiger partial charge on any atom is 0.0695 e. The third-order valence-electron chi connectivity index (χ3n) is 4.38. The highest BCUT2D eigenvalue weighted by molar-refractivity contribution is 5.15. The fourth-order valence-electron chi connectivity index (χ4n) is 3.48. The van der Waals surface area contributed by atoms with Crippen molar-refractivity contribution in [2.45, 2.75) is 56.8 Å². The van der Waals surface area contributed by atoms with E-state index in [1.54, 1.807) is 0 Å². The van der Waals surface area contributed by atoms with Crippen LogP contribution in [0.15, 0.2) is 30.3 Å². The highest BCUT2D eigenvalue weighted by Crippen LogP contribution is 2.35. The summed E-state index contributed by atoms with van der Waals surface area (Å²) in [6, 6.07) is 11.8. The maximum absolute atomic E-state index is 10.2. The molecule has 0 aromatic heterocycles. The Morgan fingerprint density at radius 1 is 1.06 bits per heavy atom. The zero-order valence-corrected chi connectivity index (χ0v) is 10.3. The van der Waals surface area contributed by atoms with Crippen molar-refractivity contribution in [2.75, 3.05) is 0 Å². The largest absolute Gasteiger partial charge is 0.391 e. The summed E-state index contributed by atoms with van der Waals surface area (Å²) in [5, 5.41) is 10.2. The average molecular weight is 231 g/mol. The zero-order chi connectivity index (χ0) is 11.7. The van der Waals surface area contributed by atoms with Crippen LogP contribution in [-0.4, -0.2) is 28.2 Å². The Bertz CT molecular complexity index is 364. The lowest BCUT2D eigenvalue weighted by Crippen LogP contribution is -2.40. The molecule has 2 heteroatoms. The van der Waals surface area contributed by atoms with E-state index in [2.05, 4.69) is 35.2 Å². The van der Waals surface area contributed by atoms with Crippen molar-refractivity contribution >= 4 is 0 Å². The van der Waals surface area contributed by atoms with Gasteiger partial charge >= 0.3 is 0 Å². The molecule has 2 aliphatic heterocycles. The van der Waals surface area contributed by atoms with E-state index in [9.17, 15) is 5.11 Å².